The van der Waals surface area contributed by atoms with E-state index in [2.05, 4.69) is 0 Å². The molecule has 0 fully saturated rings. The third-order valence-electron chi connectivity index (χ3n) is 3.58. The van der Waals surface area contributed by atoms with Crippen LogP contribution in [-0.4, -0.2) is 45.5 Å². The summed E-state index contributed by atoms with van der Waals surface area (Å²) < 4.78 is 28.8. The highest BCUT2D eigenvalue weighted by molar-refractivity contribution is 7.90. The monoisotopic (exact) mass is 395 g/mol. The lowest BCUT2D eigenvalue weighted by Crippen LogP contribution is -2.31. The van der Waals surface area contributed by atoms with E-state index in [1.165, 1.54) is 17.0 Å². The third-order valence-corrected chi connectivity index (χ3v) is 5.02. The minimum atomic E-state index is -3.53. The molecule has 8 heteroatoms. The first-order chi connectivity index (χ1) is 12.1. The molecule has 0 saturated carbocycles. The quantitative estimate of drug-likeness (QED) is 0.727. The first-order valence-corrected chi connectivity index (χ1v) is 9.85. The fourth-order valence-corrected chi connectivity index (χ4v) is 3.03. The first kappa shape index (κ1) is 19.9. The number of carbonyl (C=O) groups is 2. The van der Waals surface area contributed by atoms with Crippen LogP contribution in [0.1, 0.15) is 22.0 Å². The number of likely N-dealkylation sites (N-methyl/N-ethyl adjacent to an activating group) is 1. The molecule has 0 aliphatic carbocycles. The van der Waals surface area contributed by atoms with Crippen LogP contribution >= 0.6 is 11.6 Å². The molecule has 1 atom stereocenters. The smallest absolute Gasteiger partial charge is 0.340 e. The number of carbonyl (C=O) groups excluding carboxylic acids is 2. The summed E-state index contributed by atoms with van der Waals surface area (Å²) >= 11 is 6.02. The summed E-state index contributed by atoms with van der Waals surface area (Å²) in [4.78, 5) is 26.3. The molecule has 0 radical (unpaired) electrons. The van der Waals surface area contributed by atoms with Gasteiger partial charge in [-0.25, -0.2) is 13.2 Å². The summed E-state index contributed by atoms with van der Waals surface area (Å²) in [6, 6.07) is 12.3. The normalized spacial score (nSPS) is 12.3. The van der Waals surface area contributed by atoms with Gasteiger partial charge in [0.25, 0.3) is 5.91 Å². The zero-order chi connectivity index (χ0) is 19.5. The van der Waals surface area contributed by atoms with Gasteiger partial charge in [0.1, 0.15) is 0 Å². The Morgan fingerprint density at radius 3 is 2.23 bits per heavy atom. The van der Waals surface area contributed by atoms with Gasteiger partial charge in [-0.15, -0.1) is 0 Å². The van der Waals surface area contributed by atoms with Crippen molar-refractivity contribution in [3.8, 4) is 0 Å². The minimum absolute atomic E-state index is 0.0338. The van der Waals surface area contributed by atoms with Crippen LogP contribution in [0.2, 0.25) is 5.02 Å². The summed E-state index contributed by atoms with van der Waals surface area (Å²) in [6.07, 6.45) is -0.148. The van der Waals surface area contributed by atoms with Gasteiger partial charge in [-0.05, 0) is 18.2 Å². The Hall–Kier alpha value is -2.38. The molecule has 1 amide bonds. The molecule has 6 nitrogen and oxygen atoms in total. The lowest BCUT2D eigenvalue weighted by molar-refractivity contribution is -0.138. The van der Waals surface area contributed by atoms with Crippen molar-refractivity contribution in [2.24, 2.45) is 0 Å². The Morgan fingerprint density at radius 1 is 1.08 bits per heavy atom. The number of amides is 1. The zero-order valence-corrected chi connectivity index (χ0v) is 16.0. The number of rotatable bonds is 5. The first-order valence-electron chi connectivity index (χ1n) is 7.58. The fourth-order valence-electron chi connectivity index (χ4n) is 2.19. The Morgan fingerprint density at radius 2 is 1.69 bits per heavy atom. The van der Waals surface area contributed by atoms with Crippen LogP contribution < -0.4 is 0 Å². The van der Waals surface area contributed by atoms with Gasteiger partial charge >= 0.3 is 5.97 Å². The van der Waals surface area contributed by atoms with Crippen molar-refractivity contribution in [3.63, 3.8) is 0 Å². The number of hydrogen-bond donors (Lipinski definition) is 0. The second-order valence-corrected chi connectivity index (χ2v) is 8.27. The average molecular weight is 396 g/mol. The fraction of sp³-hybridized carbons (Fsp3) is 0.222. The van der Waals surface area contributed by atoms with E-state index < -0.39 is 27.8 Å². The van der Waals surface area contributed by atoms with Crippen LogP contribution in [0, 0.1) is 0 Å². The van der Waals surface area contributed by atoms with E-state index in [1.54, 1.807) is 44.4 Å². The molecule has 138 valence electrons. The van der Waals surface area contributed by atoms with Crippen LogP contribution in [0.25, 0.3) is 0 Å². The van der Waals surface area contributed by atoms with E-state index in [0.29, 0.717) is 5.56 Å². The van der Waals surface area contributed by atoms with E-state index in [4.69, 9.17) is 16.3 Å². The topological polar surface area (TPSA) is 80.8 Å². The van der Waals surface area contributed by atoms with Gasteiger partial charge in [0.2, 0.25) is 6.10 Å². The summed E-state index contributed by atoms with van der Waals surface area (Å²) in [5.41, 5.74) is 0.372. The van der Waals surface area contributed by atoms with Crippen LogP contribution in [-0.2, 0) is 19.4 Å². The SMILES string of the molecule is CN(C)C(=O)[C@@H](OC(=O)c1cc(S(C)(=O)=O)ccc1Cl)c1ccccc1. The molecule has 2 aromatic carbocycles. The van der Waals surface area contributed by atoms with E-state index in [-0.39, 0.29) is 15.5 Å². The maximum Gasteiger partial charge on any atom is 0.340 e. The summed E-state index contributed by atoms with van der Waals surface area (Å²) in [5, 5.41) is 0.0338. The van der Waals surface area contributed by atoms with E-state index >= 15 is 0 Å². The molecular formula is C18H18ClNO5S. The van der Waals surface area contributed by atoms with Gasteiger partial charge in [0.15, 0.2) is 9.84 Å². The Bertz CT molecular complexity index is 926. The van der Waals surface area contributed by atoms with Crippen LogP contribution in [0.4, 0.5) is 0 Å². The maximum atomic E-state index is 12.6. The number of hydrogen-bond acceptors (Lipinski definition) is 5. The molecular weight excluding hydrogens is 378 g/mol. The number of halogens is 1. The van der Waals surface area contributed by atoms with Crippen molar-refractivity contribution < 1.29 is 22.7 Å². The van der Waals surface area contributed by atoms with Crippen molar-refractivity contribution in [2.45, 2.75) is 11.0 Å². The molecule has 2 aromatic rings. The molecule has 26 heavy (non-hydrogen) atoms. The molecule has 0 aliphatic heterocycles. The van der Waals surface area contributed by atoms with Crippen molar-refractivity contribution in [2.75, 3.05) is 20.4 Å². The predicted octanol–water partition coefficient (Wildman–Crippen LogP) is 2.73. The Balaban J connectivity index is 2.40. The molecule has 0 aliphatic rings. The molecule has 0 bridgehead atoms. The highest BCUT2D eigenvalue weighted by atomic mass is 35.5. The van der Waals surface area contributed by atoms with Gasteiger partial charge in [-0.2, -0.15) is 0 Å². The highest BCUT2D eigenvalue weighted by Crippen LogP contribution is 2.26. The Kier molecular flexibility index (Phi) is 6.05. The third kappa shape index (κ3) is 4.62. The Labute approximate surface area is 157 Å². The van der Waals surface area contributed by atoms with Gasteiger partial charge in [-0.1, -0.05) is 41.9 Å². The van der Waals surface area contributed by atoms with Crippen molar-refractivity contribution in [1.29, 1.82) is 0 Å². The molecule has 0 unspecified atom stereocenters. The molecule has 0 heterocycles. The number of nitrogens with zero attached hydrogens (tertiary/aromatic N) is 1. The van der Waals surface area contributed by atoms with Crippen molar-refractivity contribution in [1.82, 2.24) is 4.90 Å². The zero-order valence-electron chi connectivity index (χ0n) is 14.5. The molecule has 2 rings (SSSR count). The van der Waals surface area contributed by atoms with Gasteiger partial charge in [-0.3, -0.25) is 4.79 Å². The minimum Gasteiger partial charge on any atom is -0.444 e. The molecule has 0 N–H and O–H groups in total. The molecule has 0 aromatic heterocycles. The number of benzene rings is 2. The van der Waals surface area contributed by atoms with Crippen molar-refractivity contribution >= 4 is 33.3 Å². The standard InChI is InChI=1S/C18H18ClNO5S/c1-20(2)17(21)16(12-7-5-4-6-8-12)25-18(22)14-11-13(26(3,23)24)9-10-15(14)19/h4-11,16H,1-3H3/t16-/m0/s1. The van der Waals surface area contributed by atoms with E-state index in [0.717, 1.165) is 12.3 Å². The lowest BCUT2D eigenvalue weighted by Gasteiger charge is -2.21. The number of esters is 1. The second-order valence-electron chi connectivity index (χ2n) is 5.84. The maximum absolute atomic E-state index is 12.6. The van der Waals surface area contributed by atoms with E-state index in [9.17, 15) is 18.0 Å². The largest absolute Gasteiger partial charge is 0.444 e. The van der Waals surface area contributed by atoms with Crippen LogP contribution in [0.15, 0.2) is 53.4 Å². The van der Waals surface area contributed by atoms with Gasteiger partial charge < -0.3 is 9.64 Å². The summed E-state index contributed by atoms with van der Waals surface area (Å²) in [6.45, 7) is 0. The van der Waals surface area contributed by atoms with E-state index in [1.807, 2.05) is 0 Å². The highest BCUT2D eigenvalue weighted by Gasteiger charge is 2.28. The summed E-state index contributed by atoms with van der Waals surface area (Å²) in [7, 11) is -0.438. The number of sulfone groups is 1. The van der Waals surface area contributed by atoms with Crippen molar-refractivity contribution in [3.05, 3.63) is 64.7 Å². The summed E-state index contributed by atoms with van der Waals surface area (Å²) in [5.74, 6) is -1.32. The second kappa shape index (κ2) is 7.88. The lowest BCUT2D eigenvalue weighted by atomic mass is 10.1. The molecule has 0 spiro atoms. The van der Waals surface area contributed by atoms with Gasteiger partial charge in [0.05, 0.1) is 15.5 Å². The van der Waals surface area contributed by atoms with Crippen LogP contribution in [0.3, 0.4) is 0 Å². The molecule has 0 saturated heterocycles. The van der Waals surface area contributed by atoms with Gasteiger partial charge in [0, 0.05) is 25.9 Å². The van der Waals surface area contributed by atoms with Crippen LogP contribution in [0.5, 0.6) is 0 Å². The predicted molar refractivity (Wildman–Crippen MR) is 97.9 cm³/mol. The average Bonchev–Trinajstić information content (AvgIpc) is 2.58. The number of ether oxygens (including phenoxy) is 1.